The van der Waals surface area contributed by atoms with Gasteiger partial charge in [-0.1, -0.05) is 27.7 Å². The van der Waals surface area contributed by atoms with Crippen LogP contribution in [0.1, 0.15) is 68.2 Å². The van der Waals surface area contributed by atoms with Crippen molar-refractivity contribution in [3.8, 4) is 0 Å². The van der Waals surface area contributed by atoms with E-state index in [0.29, 0.717) is 6.42 Å². The second-order valence-electron chi connectivity index (χ2n) is 7.56. The molecule has 0 radical (unpaired) electrons. The Morgan fingerprint density at radius 2 is 1.45 bits per heavy atom. The van der Waals surface area contributed by atoms with E-state index in [1.54, 1.807) is 6.92 Å². The van der Waals surface area contributed by atoms with Crippen molar-refractivity contribution in [3.63, 3.8) is 0 Å². The van der Waals surface area contributed by atoms with Crippen molar-refractivity contribution in [2.24, 2.45) is 10.8 Å². The molecule has 2 atom stereocenters. The summed E-state index contributed by atoms with van der Waals surface area (Å²) in [4.78, 5) is 9.60. The number of hydrogen-bond donors (Lipinski definition) is 3. The van der Waals surface area contributed by atoms with Gasteiger partial charge in [0.05, 0.1) is 23.7 Å². The van der Waals surface area contributed by atoms with E-state index in [9.17, 15) is 9.90 Å². The summed E-state index contributed by atoms with van der Waals surface area (Å²) in [6, 6.07) is 0. The molecular formula is C17H35O4Zr+. The molecule has 0 aliphatic carbocycles. The Labute approximate surface area is 155 Å². The molecular weight excluding hydrogens is 359 g/mol. The molecule has 0 aromatic rings. The molecule has 22 heavy (non-hydrogen) atoms. The Balaban J connectivity index is -0.000000348. The molecule has 0 saturated carbocycles. The van der Waals surface area contributed by atoms with E-state index in [4.69, 9.17) is 10.2 Å². The van der Waals surface area contributed by atoms with Crippen LogP contribution in [0.25, 0.3) is 0 Å². The summed E-state index contributed by atoms with van der Waals surface area (Å²) < 4.78 is 0. The molecule has 0 amide bonds. The van der Waals surface area contributed by atoms with Crippen LogP contribution in [0.2, 0.25) is 0 Å². The maximum absolute atomic E-state index is 9.60. The minimum absolute atomic E-state index is 0. The number of hydrogen-bond acceptors (Lipinski definition) is 3. The van der Waals surface area contributed by atoms with Crippen LogP contribution in [0.15, 0.2) is 11.8 Å². The maximum atomic E-state index is 9.60. The van der Waals surface area contributed by atoms with Crippen molar-refractivity contribution >= 4 is 5.78 Å². The van der Waals surface area contributed by atoms with Gasteiger partial charge in [0.1, 0.15) is 5.76 Å². The van der Waals surface area contributed by atoms with E-state index in [1.165, 1.54) is 6.08 Å². The van der Waals surface area contributed by atoms with Gasteiger partial charge in [-0.2, -0.15) is 0 Å². The molecule has 0 rings (SSSR count). The van der Waals surface area contributed by atoms with Crippen LogP contribution in [0, 0.1) is 10.8 Å². The summed E-state index contributed by atoms with van der Waals surface area (Å²) in [7, 11) is 0. The zero-order valence-electron chi connectivity index (χ0n) is 15.4. The molecule has 0 heterocycles. The molecule has 0 aliphatic rings. The largest absolute Gasteiger partial charge is 0.511 e. The van der Waals surface area contributed by atoms with Crippen molar-refractivity contribution in [3.05, 3.63) is 11.8 Å². The van der Waals surface area contributed by atoms with Crippen LogP contribution < -0.4 is 0 Å². The van der Waals surface area contributed by atoms with Gasteiger partial charge in [0, 0.05) is 31.6 Å². The third kappa shape index (κ3) is 14.9. The average Bonchev–Trinajstić information content (AvgIpc) is 2.26. The molecule has 130 valence electrons. The number of aliphatic hydroxyl groups excluding tert-OH is 3. The monoisotopic (exact) mass is 393 g/mol. The van der Waals surface area contributed by atoms with E-state index in [-0.39, 0.29) is 60.8 Å². The van der Waals surface area contributed by atoms with Crippen molar-refractivity contribution < 1.29 is 46.3 Å². The molecule has 0 spiro atoms. The second kappa shape index (κ2) is 11.5. The summed E-state index contributed by atoms with van der Waals surface area (Å²) in [5, 5.41) is 27.2. The fourth-order valence-electron chi connectivity index (χ4n) is 1.12. The molecule has 4 nitrogen and oxygen atoms in total. The minimum atomic E-state index is -0.370. The zero-order chi connectivity index (χ0) is 17.4. The van der Waals surface area contributed by atoms with Gasteiger partial charge in [-0.05, 0) is 40.5 Å². The van der Waals surface area contributed by atoms with Gasteiger partial charge >= 0.3 is 5.78 Å². The summed E-state index contributed by atoms with van der Waals surface area (Å²) in [6.07, 6.45) is 1.97. The van der Waals surface area contributed by atoms with Gasteiger partial charge in [-0.25, -0.2) is 0 Å². The summed E-state index contributed by atoms with van der Waals surface area (Å²) >= 11 is 0. The molecule has 0 aliphatic heterocycles. The minimum Gasteiger partial charge on any atom is -0.511 e. The molecule has 0 bridgehead atoms. The van der Waals surface area contributed by atoms with Gasteiger partial charge < -0.3 is 15.3 Å². The summed E-state index contributed by atoms with van der Waals surface area (Å²) in [5.74, 6) is 0.417. The number of ketones is 1. The first-order valence-corrected chi connectivity index (χ1v) is 7.55. The SMILES string of the molecule is CC(C)(C)C(=[OH+])/C=C(\O)C(C)(C)C.CCC(O)CC(C)O.[Zr]. The Morgan fingerprint density at radius 1 is 1.05 bits per heavy atom. The predicted molar refractivity (Wildman–Crippen MR) is 89.2 cm³/mol. The third-order valence-corrected chi connectivity index (χ3v) is 2.89. The number of aliphatic hydroxyl groups is 3. The quantitative estimate of drug-likeness (QED) is 0.387. The summed E-state index contributed by atoms with van der Waals surface area (Å²) in [5.41, 5.74) is -0.613. The first kappa shape index (κ1) is 26.9. The normalized spacial score (nSPS) is 15.1. The van der Waals surface area contributed by atoms with Crippen LogP contribution in [-0.4, -0.2) is 38.1 Å². The van der Waals surface area contributed by atoms with Gasteiger partial charge in [0.15, 0.2) is 0 Å². The van der Waals surface area contributed by atoms with Crippen molar-refractivity contribution in [1.29, 1.82) is 0 Å². The fourth-order valence-corrected chi connectivity index (χ4v) is 1.12. The Bertz CT molecular complexity index is 336. The van der Waals surface area contributed by atoms with Gasteiger partial charge in [-0.3, -0.25) is 4.79 Å². The fraction of sp³-hybridized carbons (Fsp3) is 0.824. The van der Waals surface area contributed by atoms with Gasteiger partial charge in [0.25, 0.3) is 0 Å². The van der Waals surface area contributed by atoms with E-state index >= 15 is 0 Å². The summed E-state index contributed by atoms with van der Waals surface area (Å²) in [6.45, 7) is 15.0. The van der Waals surface area contributed by atoms with Crippen LogP contribution in [0.3, 0.4) is 0 Å². The van der Waals surface area contributed by atoms with Gasteiger partial charge in [-0.15, -0.1) is 0 Å². The first-order valence-electron chi connectivity index (χ1n) is 7.55. The van der Waals surface area contributed by atoms with E-state index in [1.807, 2.05) is 48.5 Å². The first-order chi connectivity index (χ1) is 9.21. The van der Waals surface area contributed by atoms with Crippen LogP contribution in [0.4, 0.5) is 0 Å². The Kier molecular flexibility index (Phi) is 14.1. The smallest absolute Gasteiger partial charge is 0.325 e. The van der Waals surface area contributed by atoms with Crippen LogP contribution >= 0.6 is 0 Å². The van der Waals surface area contributed by atoms with E-state index < -0.39 is 0 Å². The Hall–Kier alpha value is 0.0131. The molecule has 0 aromatic heterocycles. The van der Waals surface area contributed by atoms with Crippen molar-refractivity contribution in [1.82, 2.24) is 0 Å². The van der Waals surface area contributed by atoms with E-state index in [0.717, 1.165) is 6.42 Å². The average molecular weight is 395 g/mol. The number of allylic oxidation sites excluding steroid dienone is 2. The van der Waals surface area contributed by atoms with Crippen LogP contribution in [0.5, 0.6) is 0 Å². The maximum Gasteiger partial charge on any atom is 0.325 e. The molecule has 0 saturated heterocycles. The molecule has 2 unspecified atom stereocenters. The second-order valence-corrected chi connectivity index (χ2v) is 7.56. The third-order valence-electron chi connectivity index (χ3n) is 2.89. The molecule has 0 fully saturated rings. The predicted octanol–water partition coefficient (Wildman–Crippen LogP) is 3.59. The van der Waals surface area contributed by atoms with Gasteiger partial charge in [0.2, 0.25) is 0 Å². The standard InChI is InChI=1S/C11H20O2.C6H14O2.Zr/c1-10(2,3)8(12)7-9(13)11(4,5)6;1-3-6(8)4-5(2)7;/h7,12H,1-6H3;5-8H,3-4H2,1-2H3;/p+1/b8-7-;;. The van der Waals surface area contributed by atoms with Crippen molar-refractivity contribution in [2.75, 3.05) is 0 Å². The zero-order valence-corrected chi connectivity index (χ0v) is 17.9. The van der Waals surface area contributed by atoms with E-state index in [2.05, 4.69) is 0 Å². The molecule has 4 N–H and O–H groups in total. The number of rotatable bonds is 4. The van der Waals surface area contributed by atoms with Crippen LogP contribution in [-0.2, 0) is 26.2 Å². The molecule has 5 heteroatoms. The molecule has 0 aromatic carbocycles. The Morgan fingerprint density at radius 3 is 1.64 bits per heavy atom. The number of carbonyl (C=O) groups excluding carboxylic acids is 1. The van der Waals surface area contributed by atoms with Crippen molar-refractivity contribution in [2.45, 2.75) is 80.4 Å². The topological polar surface area (TPSA) is 82.1 Å².